The SMILES string of the molecule is CC(C)c1ncc2c(n1)C=CCC=C2. The number of nitrogens with zero attached hydrogens (tertiary/aromatic N) is 2. The second-order valence-electron chi connectivity index (χ2n) is 3.76. The van der Waals surface area contributed by atoms with E-state index in [1.165, 1.54) is 0 Å². The van der Waals surface area contributed by atoms with Crippen LogP contribution in [0, 0.1) is 0 Å². The fraction of sp³-hybridized carbons (Fsp3) is 0.333. The summed E-state index contributed by atoms with van der Waals surface area (Å²) in [6.45, 7) is 4.22. The number of aromatic nitrogens is 2. The zero-order chi connectivity index (χ0) is 9.97. The number of allylic oxidation sites excluding steroid dienone is 2. The first-order valence-electron chi connectivity index (χ1n) is 4.97. The standard InChI is InChI=1S/C12H14N2/c1-9(2)12-13-8-10-6-4-3-5-7-11(10)14-12/h4-9H,3H2,1-2H3. The van der Waals surface area contributed by atoms with Gasteiger partial charge in [-0.2, -0.15) is 0 Å². The Morgan fingerprint density at radius 2 is 2.00 bits per heavy atom. The topological polar surface area (TPSA) is 25.8 Å². The molecule has 0 saturated carbocycles. The molecule has 0 N–H and O–H groups in total. The van der Waals surface area contributed by atoms with E-state index in [9.17, 15) is 0 Å². The van der Waals surface area contributed by atoms with E-state index in [0.717, 1.165) is 23.5 Å². The van der Waals surface area contributed by atoms with Gasteiger partial charge in [0.1, 0.15) is 5.82 Å². The van der Waals surface area contributed by atoms with Crippen LogP contribution in [0.4, 0.5) is 0 Å². The van der Waals surface area contributed by atoms with Crippen LogP contribution in [0.1, 0.15) is 43.3 Å². The van der Waals surface area contributed by atoms with Gasteiger partial charge >= 0.3 is 0 Å². The maximum absolute atomic E-state index is 4.52. The summed E-state index contributed by atoms with van der Waals surface area (Å²) >= 11 is 0. The summed E-state index contributed by atoms with van der Waals surface area (Å²) < 4.78 is 0. The molecule has 0 spiro atoms. The smallest absolute Gasteiger partial charge is 0.131 e. The minimum Gasteiger partial charge on any atom is -0.240 e. The van der Waals surface area contributed by atoms with Gasteiger partial charge < -0.3 is 0 Å². The van der Waals surface area contributed by atoms with Crippen LogP contribution in [0.25, 0.3) is 12.2 Å². The Kier molecular flexibility index (Phi) is 2.44. The van der Waals surface area contributed by atoms with Crippen LogP contribution in [-0.2, 0) is 0 Å². The summed E-state index contributed by atoms with van der Waals surface area (Å²) in [4.78, 5) is 8.86. The molecule has 72 valence electrons. The molecule has 0 aliphatic heterocycles. The van der Waals surface area contributed by atoms with Crippen LogP contribution in [-0.4, -0.2) is 9.97 Å². The van der Waals surface area contributed by atoms with Gasteiger partial charge in [0.15, 0.2) is 0 Å². The summed E-state index contributed by atoms with van der Waals surface area (Å²) in [5, 5.41) is 0. The Hall–Kier alpha value is -1.44. The Morgan fingerprint density at radius 1 is 1.21 bits per heavy atom. The van der Waals surface area contributed by atoms with Crippen LogP contribution in [0.15, 0.2) is 18.3 Å². The molecule has 0 saturated heterocycles. The summed E-state index contributed by atoms with van der Waals surface area (Å²) in [6, 6.07) is 0. The van der Waals surface area contributed by atoms with Crippen molar-refractivity contribution >= 4 is 12.2 Å². The second-order valence-corrected chi connectivity index (χ2v) is 3.76. The molecule has 2 nitrogen and oxygen atoms in total. The summed E-state index contributed by atoms with van der Waals surface area (Å²) in [5.41, 5.74) is 2.15. The van der Waals surface area contributed by atoms with Gasteiger partial charge in [0.2, 0.25) is 0 Å². The van der Waals surface area contributed by atoms with Crippen molar-refractivity contribution in [3.05, 3.63) is 35.4 Å². The molecule has 0 aromatic carbocycles. The molecule has 1 aliphatic carbocycles. The lowest BCUT2D eigenvalue weighted by molar-refractivity contribution is 0.771. The van der Waals surface area contributed by atoms with Crippen LogP contribution < -0.4 is 0 Å². The number of hydrogen-bond donors (Lipinski definition) is 0. The zero-order valence-corrected chi connectivity index (χ0v) is 8.57. The average Bonchev–Trinajstić information content (AvgIpc) is 2.41. The predicted molar refractivity (Wildman–Crippen MR) is 58.8 cm³/mol. The average molecular weight is 186 g/mol. The molecule has 0 fully saturated rings. The minimum atomic E-state index is 0.390. The van der Waals surface area contributed by atoms with Crippen molar-refractivity contribution in [3.8, 4) is 0 Å². The molecule has 0 unspecified atom stereocenters. The van der Waals surface area contributed by atoms with Crippen molar-refractivity contribution in [1.29, 1.82) is 0 Å². The van der Waals surface area contributed by atoms with Gasteiger partial charge in [-0.3, -0.25) is 0 Å². The maximum atomic E-state index is 4.52. The highest BCUT2D eigenvalue weighted by Gasteiger charge is 2.06. The molecule has 2 heteroatoms. The Balaban J connectivity index is 2.48. The number of rotatable bonds is 1. The summed E-state index contributed by atoms with van der Waals surface area (Å²) in [5.74, 6) is 1.31. The highest BCUT2D eigenvalue weighted by atomic mass is 14.9. The third-order valence-electron chi connectivity index (χ3n) is 2.23. The first-order valence-corrected chi connectivity index (χ1v) is 4.97. The number of hydrogen-bond acceptors (Lipinski definition) is 2. The first-order chi connectivity index (χ1) is 6.77. The molecule has 14 heavy (non-hydrogen) atoms. The fourth-order valence-electron chi connectivity index (χ4n) is 1.41. The molecule has 0 bridgehead atoms. The normalized spacial score (nSPS) is 14.2. The van der Waals surface area contributed by atoms with E-state index in [2.05, 4.69) is 48.1 Å². The van der Waals surface area contributed by atoms with E-state index in [-0.39, 0.29) is 0 Å². The van der Waals surface area contributed by atoms with Crippen molar-refractivity contribution in [2.24, 2.45) is 0 Å². The van der Waals surface area contributed by atoms with Gasteiger partial charge in [-0.1, -0.05) is 32.1 Å². The predicted octanol–water partition coefficient (Wildman–Crippen LogP) is 3.03. The third-order valence-corrected chi connectivity index (χ3v) is 2.23. The Bertz CT molecular complexity index is 389. The van der Waals surface area contributed by atoms with Gasteiger partial charge in [0, 0.05) is 17.7 Å². The molecule has 2 rings (SSSR count). The second kappa shape index (κ2) is 3.74. The Labute approximate surface area is 84.4 Å². The van der Waals surface area contributed by atoms with Crippen LogP contribution in [0.2, 0.25) is 0 Å². The molecule has 1 aromatic heterocycles. The molecule has 0 radical (unpaired) electrons. The van der Waals surface area contributed by atoms with E-state index < -0.39 is 0 Å². The van der Waals surface area contributed by atoms with Crippen molar-refractivity contribution < 1.29 is 0 Å². The highest BCUT2D eigenvalue weighted by Crippen LogP contribution is 2.17. The molecular weight excluding hydrogens is 172 g/mol. The van der Waals surface area contributed by atoms with Gasteiger partial charge in [0.25, 0.3) is 0 Å². The van der Waals surface area contributed by atoms with E-state index in [0.29, 0.717) is 5.92 Å². The van der Waals surface area contributed by atoms with Gasteiger partial charge in [-0.15, -0.1) is 0 Å². The maximum Gasteiger partial charge on any atom is 0.131 e. The van der Waals surface area contributed by atoms with Crippen molar-refractivity contribution in [2.45, 2.75) is 26.2 Å². The van der Waals surface area contributed by atoms with Crippen molar-refractivity contribution in [2.75, 3.05) is 0 Å². The van der Waals surface area contributed by atoms with Crippen LogP contribution in [0.5, 0.6) is 0 Å². The summed E-state index contributed by atoms with van der Waals surface area (Å²) in [6.07, 6.45) is 11.3. The van der Waals surface area contributed by atoms with Gasteiger partial charge in [-0.05, 0) is 12.5 Å². The zero-order valence-electron chi connectivity index (χ0n) is 8.57. The monoisotopic (exact) mass is 186 g/mol. The lowest BCUT2D eigenvalue weighted by atomic mass is 10.1. The quantitative estimate of drug-likeness (QED) is 0.673. The van der Waals surface area contributed by atoms with Crippen molar-refractivity contribution in [1.82, 2.24) is 9.97 Å². The summed E-state index contributed by atoms with van der Waals surface area (Å²) in [7, 11) is 0. The molecule has 0 amide bonds. The van der Waals surface area contributed by atoms with Crippen molar-refractivity contribution in [3.63, 3.8) is 0 Å². The molecule has 0 atom stereocenters. The minimum absolute atomic E-state index is 0.390. The highest BCUT2D eigenvalue weighted by molar-refractivity contribution is 5.63. The number of fused-ring (bicyclic) bond motifs is 1. The van der Waals surface area contributed by atoms with E-state index in [1.54, 1.807) is 0 Å². The van der Waals surface area contributed by atoms with Crippen LogP contribution >= 0.6 is 0 Å². The van der Waals surface area contributed by atoms with E-state index >= 15 is 0 Å². The van der Waals surface area contributed by atoms with Crippen LogP contribution in [0.3, 0.4) is 0 Å². The fourth-order valence-corrected chi connectivity index (χ4v) is 1.41. The lowest BCUT2D eigenvalue weighted by Gasteiger charge is -2.05. The van der Waals surface area contributed by atoms with Gasteiger partial charge in [-0.25, -0.2) is 9.97 Å². The van der Waals surface area contributed by atoms with E-state index in [4.69, 9.17) is 0 Å². The Morgan fingerprint density at radius 3 is 2.79 bits per heavy atom. The molecule has 1 aliphatic rings. The molecule has 1 aromatic rings. The lowest BCUT2D eigenvalue weighted by Crippen LogP contribution is -2.00. The largest absolute Gasteiger partial charge is 0.240 e. The third kappa shape index (κ3) is 1.74. The van der Waals surface area contributed by atoms with Gasteiger partial charge in [0.05, 0.1) is 5.69 Å². The molecular formula is C12H14N2. The first kappa shape index (κ1) is 9.13. The van der Waals surface area contributed by atoms with E-state index in [1.807, 2.05) is 6.20 Å². The molecule has 1 heterocycles.